The number of nitrogens with one attached hydrogen (secondary N) is 2. The number of hydrogen-bond acceptors (Lipinski definition) is 8. The number of aromatic nitrogens is 5. The maximum absolute atomic E-state index is 11.0. The number of thioether (sulfide) groups is 1. The number of benzene rings is 1. The molecular formula is C12H10N6O4S. The average molecular weight is 334 g/mol. The van der Waals surface area contributed by atoms with Crippen LogP contribution in [0.1, 0.15) is 18.1 Å². The fourth-order valence-electron chi connectivity index (χ4n) is 1.77. The smallest absolute Gasteiger partial charge is 0.341 e. The zero-order chi connectivity index (χ0) is 16.4. The number of nitrogens with zero attached hydrogens (tertiary/aromatic N) is 4. The number of H-pyrrole nitrogens is 2. The molecule has 2 aromatic heterocycles. The van der Waals surface area contributed by atoms with Gasteiger partial charge in [0, 0.05) is 17.7 Å². The molecule has 0 aliphatic carbocycles. The van der Waals surface area contributed by atoms with Gasteiger partial charge >= 0.3 is 5.69 Å². The van der Waals surface area contributed by atoms with E-state index in [2.05, 4.69) is 25.4 Å². The minimum atomic E-state index is -0.480. The van der Waals surface area contributed by atoms with Crippen molar-refractivity contribution in [3.63, 3.8) is 0 Å². The van der Waals surface area contributed by atoms with Crippen molar-refractivity contribution >= 4 is 17.4 Å². The van der Waals surface area contributed by atoms with E-state index in [9.17, 15) is 14.9 Å². The summed E-state index contributed by atoms with van der Waals surface area (Å²) in [5.41, 5.74) is 0.177. The lowest BCUT2D eigenvalue weighted by Crippen LogP contribution is -2.00. The third-order valence-electron chi connectivity index (χ3n) is 2.88. The van der Waals surface area contributed by atoms with Crippen molar-refractivity contribution in [1.82, 2.24) is 25.4 Å². The summed E-state index contributed by atoms with van der Waals surface area (Å²) in [7, 11) is 0. The number of hydrogen-bond donors (Lipinski definition) is 2. The first-order chi connectivity index (χ1) is 11.0. The lowest BCUT2D eigenvalue weighted by atomic mass is 10.2. The largest absolute Gasteiger partial charge is 0.419 e. The molecule has 1 aromatic carbocycles. The van der Waals surface area contributed by atoms with E-state index in [0.717, 1.165) is 0 Å². The van der Waals surface area contributed by atoms with Gasteiger partial charge in [-0.25, -0.2) is 9.89 Å². The number of nitro groups is 1. The standard InChI is InChI=1S/C12H10N6O4S/c1-6(23-12-13-11(19)16-17-12)9-14-15-10(22-9)7-2-4-8(5-3-7)18(20)21/h2-6H,1H3,(H2,13,16,17,19)/t6-/m0/s1. The molecule has 1 atom stereocenters. The van der Waals surface area contributed by atoms with Gasteiger partial charge in [-0.15, -0.1) is 15.3 Å². The van der Waals surface area contributed by atoms with Crippen molar-refractivity contribution < 1.29 is 9.34 Å². The van der Waals surface area contributed by atoms with Crippen LogP contribution in [-0.2, 0) is 0 Å². The topological polar surface area (TPSA) is 144 Å². The summed E-state index contributed by atoms with van der Waals surface area (Å²) in [5, 5.41) is 24.8. The predicted molar refractivity (Wildman–Crippen MR) is 79.9 cm³/mol. The molecule has 3 rings (SSSR count). The predicted octanol–water partition coefficient (Wildman–Crippen LogP) is 1.91. The number of nitro benzene ring substituents is 1. The van der Waals surface area contributed by atoms with Crippen molar-refractivity contribution in [2.75, 3.05) is 0 Å². The highest BCUT2D eigenvalue weighted by Crippen LogP contribution is 2.32. The maximum Gasteiger partial charge on any atom is 0.341 e. The highest BCUT2D eigenvalue weighted by atomic mass is 32.2. The van der Waals surface area contributed by atoms with Crippen LogP contribution < -0.4 is 5.69 Å². The summed E-state index contributed by atoms with van der Waals surface area (Å²) in [6.07, 6.45) is 0. The molecule has 11 heteroatoms. The zero-order valence-corrected chi connectivity index (χ0v) is 12.5. The van der Waals surface area contributed by atoms with Gasteiger partial charge in [-0.2, -0.15) is 0 Å². The van der Waals surface area contributed by atoms with Crippen LogP contribution in [0, 0.1) is 10.1 Å². The number of rotatable bonds is 5. The van der Waals surface area contributed by atoms with Crippen molar-refractivity contribution in [3.05, 3.63) is 50.8 Å². The van der Waals surface area contributed by atoms with Crippen LogP contribution in [0.15, 0.2) is 38.6 Å². The van der Waals surface area contributed by atoms with Gasteiger partial charge in [-0.1, -0.05) is 11.8 Å². The van der Waals surface area contributed by atoms with Gasteiger partial charge in [0.25, 0.3) is 5.69 Å². The Balaban J connectivity index is 1.76. The SMILES string of the molecule is C[C@H](Sc1n[nH]c(=O)[nH]1)c1nnc(-c2ccc([N+](=O)[O-])cc2)o1. The Morgan fingerprint density at radius 1 is 1.30 bits per heavy atom. The summed E-state index contributed by atoms with van der Waals surface area (Å²) in [4.78, 5) is 23.7. The lowest BCUT2D eigenvalue weighted by molar-refractivity contribution is -0.384. The second-order valence-corrected chi connectivity index (χ2v) is 5.82. The van der Waals surface area contributed by atoms with Gasteiger partial charge in [0.1, 0.15) is 0 Å². The van der Waals surface area contributed by atoms with Crippen molar-refractivity contribution in [2.24, 2.45) is 0 Å². The Morgan fingerprint density at radius 2 is 2.04 bits per heavy atom. The summed E-state index contributed by atoms with van der Waals surface area (Å²) < 4.78 is 5.57. The van der Waals surface area contributed by atoms with Gasteiger partial charge in [-0.3, -0.25) is 15.1 Å². The third kappa shape index (κ3) is 3.29. The number of aromatic amines is 2. The van der Waals surface area contributed by atoms with Crippen molar-refractivity contribution in [1.29, 1.82) is 0 Å². The van der Waals surface area contributed by atoms with E-state index < -0.39 is 10.6 Å². The molecule has 23 heavy (non-hydrogen) atoms. The molecule has 10 nitrogen and oxygen atoms in total. The third-order valence-corrected chi connectivity index (χ3v) is 3.85. The van der Waals surface area contributed by atoms with Crippen LogP contribution in [0.5, 0.6) is 0 Å². The first-order valence-electron chi connectivity index (χ1n) is 6.42. The Hall–Kier alpha value is -2.95. The summed E-state index contributed by atoms with van der Waals surface area (Å²) >= 11 is 1.25. The fourth-order valence-corrected chi connectivity index (χ4v) is 2.55. The molecule has 0 radical (unpaired) electrons. The van der Waals surface area contributed by atoms with Gasteiger partial charge in [0.2, 0.25) is 11.8 Å². The summed E-state index contributed by atoms with van der Waals surface area (Å²) in [6.45, 7) is 1.82. The van der Waals surface area contributed by atoms with Crippen LogP contribution in [0.4, 0.5) is 5.69 Å². The highest BCUT2D eigenvalue weighted by molar-refractivity contribution is 7.99. The second-order valence-electron chi connectivity index (χ2n) is 4.49. The lowest BCUT2D eigenvalue weighted by Gasteiger charge is -2.02. The van der Waals surface area contributed by atoms with Crippen LogP contribution in [0.25, 0.3) is 11.5 Å². The van der Waals surface area contributed by atoms with Crippen LogP contribution in [0.3, 0.4) is 0 Å². The molecule has 118 valence electrons. The molecule has 3 aromatic rings. The van der Waals surface area contributed by atoms with Gasteiger partial charge in [-0.05, 0) is 19.1 Å². The molecule has 0 spiro atoms. The van der Waals surface area contributed by atoms with E-state index in [1.807, 2.05) is 6.92 Å². The number of non-ortho nitro benzene ring substituents is 1. The summed E-state index contributed by atoms with van der Waals surface area (Å²) in [6, 6.07) is 5.81. The minimum Gasteiger partial charge on any atom is -0.419 e. The van der Waals surface area contributed by atoms with Gasteiger partial charge < -0.3 is 4.42 Å². The second kappa shape index (κ2) is 6.04. The molecule has 0 aliphatic heterocycles. The Labute approximate surface area is 132 Å². The fraction of sp³-hybridized carbons (Fsp3) is 0.167. The normalized spacial score (nSPS) is 12.2. The van der Waals surface area contributed by atoms with E-state index >= 15 is 0 Å². The maximum atomic E-state index is 11.0. The van der Waals surface area contributed by atoms with E-state index in [4.69, 9.17) is 4.42 Å². The van der Waals surface area contributed by atoms with Crippen LogP contribution in [-0.4, -0.2) is 30.3 Å². The molecule has 0 bridgehead atoms. The first-order valence-corrected chi connectivity index (χ1v) is 7.30. The highest BCUT2D eigenvalue weighted by Gasteiger charge is 2.18. The van der Waals surface area contributed by atoms with Crippen molar-refractivity contribution in [3.8, 4) is 11.5 Å². The van der Waals surface area contributed by atoms with Gasteiger partial charge in [0.05, 0.1) is 10.2 Å². The quantitative estimate of drug-likeness (QED) is 0.409. The van der Waals surface area contributed by atoms with Crippen molar-refractivity contribution in [2.45, 2.75) is 17.3 Å². The molecule has 0 unspecified atom stereocenters. The minimum absolute atomic E-state index is 0.0140. The molecule has 2 heterocycles. The molecule has 0 aliphatic rings. The van der Waals surface area contributed by atoms with E-state index in [1.165, 1.54) is 23.9 Å². The molecule has 0 saturated carbocycles. The summed E-state index contributed by atoms with van der Waals surface area (Å²) in [5.74, 6) is 0.616. The van der Waals surface area contributed by atoms with Gasteiger partial charge in [0.15, 0.2) is 5.16 Å². The van der Waals surface area contributed by atoms with E-state index in [1.54, 1.807) is 12.1 Å². The zero-order valence-electron chi connectivity index (χ0n) is 11.7. The van der Waals surface area contributed by atoms with Crippen LogP contribution >= 0.6 is 11.8 Å². The van der Waals surface area contributed by atoms with Crippen LogP contribution in [0.2, 0.25) is 0 Å². The first kappa shape index (κ1) is 15.0. The monoisotopic (exact) mass is 334 g/mol. The Morgan fingerprint density at radius 3 is 2.65 bits per heavy atom. The molecule has 2 N–H and O–H groups in total. The Kier molecular flexibility index (Phi) is 3.93. The molecule has 0 fully saturated rings. The van der Waals surface area contributed by atoms with E-state index in [-0.39, 0.29) is 16.8 Å². The molecular weight excluding hydrogens is 324 g/mol. The average Bonchev–Trinajstić information content (AvgIpc) is 3.16. The Bertz CT molecular complexity index is 883. The van der Waals surface area contributed by atoms with E-state index in [0.29, 0.717) is 16.6 Å². The molecule has 0 saturated heterocycles. The molecule has 0 amide bonds.